The Labute approximate surface area is 108 Å². The quantitative estimate of drug-likeness (QED) is 0.612. The van der Waals surface area contributed by atoms with Gasteiger partial charge in [0.15, 0.2) is 11.7 Å². The lowest BCUT2D eigenvalue weighted by Crippen LogP contribution is -2.34. The van der Waals surface area contributed by atoms with Crippen LogP contribution in [0.2, 0.25) is 0 Å². The number of esters is 1. The Balaban J connectivity index is 2.84. The Hall–Kier alpha value is -1.85. The largest absolute Gasteiger partial charge is 0.466 e. The highest BCUT2D eigenvalue weighted by atomic mass is 19.4. The molecule has 1 aromatic carbocycles. The molecule has 0 saturated carbocycles. The summed E-state index contributed by atoms with van der Waals surface area (Å²) in [6, 6.07) is 7.53. The summed E-state index contributed by atoms with van der Waals surface area (Å²) >= 11 is 0. The summed E-state index contributed by atoms with van der Waals surface area (Å²) < 4.78 is 42.5. The van der Waals surface area contributed by atoms with E-state index in [2.05, 4.69) is 4.74 Å². The first-order valence-electron chi connectivity index (χ1n) is 5.67. The molecule has 1 aromatic rings. The molecule has 104 valence electrons. The van der Waals surface area contributed by atoms with Crippen molar-refractivity contribution in [2.45, 2.75) is 19.5 Å². The zero-order valence-electron chi connectivity index (χ0n) is 10.2. The lowest BCUT2D eigenvalue weighted by Gasteiger charge is -2.17. The number of rotatable bonds is 5. The second-order valence-corrected chi connectivity index (χ2v) is 3.84. The van der Waals surface area contributed by atoms with Gasteiger partial charge in [-0.25, -0.2) is 0 Å². The molecule has 0 aromatic heterocycles. The molecule has 1 rings (SSSR count). The maximum absolute atomic E-state index is 12.7. The molecular weight excluding hydrogens is 261 g/mol. The summed E-state index contributed by atoms with van der Waals surface area (Å²) in [7, 11) is 0. The third-order valence-corrected chi connectivity index (χ3v) is 2.45. The summed E-state index contributed by atoms with van der Waals surface area (Å²) in [6.07, 6.45) is -5.73. The first-order chi connectivity index (χ1) is 8.86. The minimum absolute atomic E-state index is 0.140. The van der Waals surface area contributed by atoms with E-state index in [9.17, 15) is 22.8 Å². The molecule has 1 atom stereocenters. The van der Waals surface area contributed by atoms with Gasteiger partial charge in [0.1, 0.15) is 0 Å². The maximum Gasteiger partial charge on any atom is 0.402 e. The number of carbonyl (C=O) groups is 2. The standard InChI is InChI=1S/C13H13F3O3/c1-2-19-12(18)10(13(14,15)16)8-11(17)9-6-4-3-5-7-9/h3-7,10H,2,8H2,1H3/t10-/m1/s1. The van der Waals surface area contributed by atoms with Crippen molar-refractivity contribution in [2.24, 2.45) is 5.92 Å². The molecule has 0 fully saturated rings. The van der Waals surface area contributed by atoms with Crippen LogP contribution in [0.15, 0.2) is 30.3 Å². The first kappa shape index (κ1) is 15.2. The highest BCUT2D eigenvalue weighted by molar-refractivity contribution is 5.98. The lowest BCUT2D eigenvalue weighted by molar-refractivity contribution is -0.196. The number of halogens is 3. The van der Waals surface area contributed by atoms with Crippen molar-refractivity contribution in [1.82, 2.24) is 0 Å². The number of Topliss-reactive ketones (excluding diaryl/α,β-unsaturated/α-hetero) is 1. The number of ketones is 1. The summed E-state index contributed by atoms with van der Waals surface area (Å²) in [5, 5.41) is 0. The molecule has 0 aliphatic carbocycles. The predicted octanol–water partition coefficient (Wildman–Crippen LogP) is 3.00. The van der Waals surface area contributed by atoms with Crippen molar-refractivity contribution in [3.05, 3.63) is 35.9 Å². The van der Waals surface area contributed by atoms with Crippen LogP contribution in [0.4, 0.5) is 13.2 Å². The second-order valence-electron chi connectivity index (χ2n) is 3.84. The average molecular weight is 274 g/mol. The average Bonchev–Trinajstić information content (AvgIpc) is 2.35. The van der Waals surface area contributed by atoms with Crippen LogP contribution in [0.1, 0.15) is 23.7 Å². The van der Waals surface area contributed by atoms with E-state index < -0.39 is 30.3 Å². The van der Waals surface area contributed by atoms with E-state index in [-0.39, 0.29) is 12.2 Å². The number of carbonyl (C=O) groups excluding carboxylic acids is 2. The molecule has 3 nitrogen and oxygen atoms in total. The molecule has 0 spiro atoms. The van der Waals surface area contributed by atoms with Crippen LogP contribution in [0.5, 0.6) is 0 Å². The van der Waals surface area contributed by atoms with Gasteiger partial charge in [-0.1, -0.05) is 30.3 Å². The molecule has 6 heteroatoms. The van der Waals surface area contributed by atoms with Crippen molar-refractivity contribution < 1.29 is 27.5 Å². The van der Waals surface area contributed by atoms with Crippen molar-refractivity contribution in [3.8, 4) is 0 Å². The van der Waals surface area contributed by atoms with Gasteiger partial charge in [-0.05, 0) is 6.92 Å². The number of hydrogen-bond donors (Lipinski definition) is 0. The molecule has 0 amide bonds. The Morgan fingerprint density at radius 2 is 1.79 bits per heavy atom. The fourth-order valence-electron chi connectivity index (χ4n) is 1.50. The minimum atomic E-state index is -4.79. The third-order valence-electron chi connectivity index (χ3n) is 2.45. The number of ether oxygens (including phenoxy) is 1. The van der Waals surface area contributed by atoms with Crippen LogP contribution in [-0.2, 0) is 9.53 Å². The zero-order chi connectivity index (χ0) is 14.5. The van der Waals surface area contributed by atoms with Crippen molar-refractivity contribution in [1.29, 1.82) is 0 Å². The Morgan fingerprint density at radius 3 is 2.26 bits per heavy atom. The van der Waals surface area contributed by atoms with Gasteiger partial charge in [-0.3, -0.25) is 9.59 Å². The normalized spacial score (nSPS) is 12.8. The highest BCUT2D eigenvalue weighted by Gasteiger charge is 2.47. The third kappa shape index (κ3) is 4.39. The molecule has 0 unspecified atom stereocenters. The van der Waals surface area contributed by atoms with Gasteiger partial charge in [0.05, 0.1) is 6.61 Å². The zero-order valence-corrected chi connectivity index (χ0v) is 10.2. The smallest absolute Gasteiger partial charge is 0.402 e. The van der Waals surface area contributed by atoms with E-state index >= 15 is 0 Å². The summed E-state index contributed by atoms with van der Waals surface area (Å²) in [6.45, 7) is 1.25. The van der Waals surface area contributed by atoms with Crippen LogP contribution < -0.4 is 0 Å². The highest BCUT2D eigenvalue weighted by Crippen LogP contribution is 2.31. The van der Waals surface area contributed by atoms with Gasteiger partial charge in [0.2, 0.25) is 0 Å². The Kier molecular flexibility index (Phi) is 5.09. The Morgan fingerprint density at radius 1 is 1.21 bits per heavy atom. The fraction of sp³-hybridized carbons (Fsp3) is 0.385. The topological polar surface area (TPSA) is 43.4 Å². The van der Waals surface area contributed by atoms with Crippen LogP contribution in [0.25, 0.3) is 0 Å². The number of hydrogen-bond acceptors (Lipinski definition) is 3. The van der Waals surface area contributed by atoms with E-state index in [0.29, 0.717) is 0 Å². The van der Waals surface area contributed by atoms with Gasteiger partial charge in [0, 0.05) is 12.0 Å². The molecule has 0 bridgehead atoms. The van der Waals surface area contributed by atoms with Crippen molar-refractivity contribution in [2.75, 3.05) is 6.61 Å². The monoisotopic (exact) mass is 274 g/mol. The summed E-state index contributed by atoms with van der Waals surface area (Å²) in [5.74, 6) is -4.57. The predicted molar refractivity (Wildman–Crippen MR) is 61.6 cm³/mol. The van der Waals surface area contributed by atoms with Crippen LogP contribution in [0, 0.1) is 5.92 Å². The van der Waals surface area contributed by atoms with E-state index in [4.69, 9.17) is 0 Å². The number of benzene rings is 1. The van der Waals surface area contributed by atoms with Crippen LogP contribution in [0.3, 0.4) is 0 Å². The van der Waals surface area contributed by atoms with Gasteiger partial charge in [-0.2, -0.15) is 13.2 Å². The first-order valence-corrected chi connectivity index (χ1v) is 5.67. The minimum Gasteiger partial charge on any atom is -0.466 e. The molecule has 0 heterocycles. The van der Waals surface area contributed by atoms with Crippen LogP contribution in [-0.4, -0.2) is 24.5 Å². The van der Waals surface area contributed by atoms with Crippen molar-refractivity contribution >= 4 is 11.8 Å². The van der Waals surface area contributed by atoms with Gasteiger partial charge >= 0.3 is 12.1 Å². The summed E-state index contributed by atoms with van der Waals surface area (Å²) in [5.41, 5.74) is 0.140. The van der Waals surface area contributed by atoms with E-state index in [1.54, 1.807) is 18.2 Å². The van der Waals surface area contributed by atoms with Gasteiger partial charge < -0.3 is 4.74 Å². The van der Waals surface area contributed by atoms with E-state index in [1.165, 1.54) is 19.1 Å². The lowest BCUT2D eigenvalue weighted by atomic mass is 9.98. The maximum atomic E-state index is 12.7. The van der Waals surface area contributed by atoms with Gasteiger partial charge in [0.25, 0.3) is 0 Å². The SMILES string of the molecule is CCOC(=O)[C@@H](CC(=O)c1ccccc1)C(F)(F)F. The molecule has 0 aliphatic heterocycles. The van der Waals surface area contributed by atoms with E-state index in [1.807, 2.05) is 0 Å². The fourth-order valence-corrected chi connectivity index (χ4v) is 1.50. The molecule has 0 aliphatic rings. The summed E-state index contributed by atoms with van der Waals surface area (Å²) in [4.78, 5) is 23.0. The van der Waals surface area contributed by atoms with E-state index in [0.717, 1.165) is 0 Å². The van der Waals surface area contributed by atoms with Crippen molar-refractivity contribution in [3.63, 3.8) is 0 Å². The molecule has 0 saturated heterocycles. The Bertz CT molecular complexity index is 440. The second kappa shape index (κ2) is 6.36. The number of alkyl halides is 3. The molecule has 0 N–H and O–H groups in total. The molecular formula is C13H13F3O3. The van der Waals surface area contributed by atoms with Gasteiger partial charge in [-0.15, -0.1) is 0 Å². The van der Waals surface area contributed by atoms with Crippen LogP contribution >= 0.6 is 0 Å². The molecule has 19 heavy (non-hydrogen) atoms. The molecule has 0 radical (unpaired) electrons.